The highest BCUT2D eigenvalue weighted by Crippen LogP contribution is 2.18. The van der Waals surface area contributed by atoms with Crippen LogP contribution in [0.4, 0.5) is 5.69 Å². The van der Waals surface area contributed by atoms with Gasteiger partial charge >= 0.3 is 0 Å². The lowest BCUT2D eigenvalue weighted by atomic mass is 9.98. The third-order valence-electron chi connectivity index (χ3n) is 5.24. The maximum absolute atomic E-state index is 5.74. The van der Waals surface area contributed by atoms with Crippen molar-refractivity contribution >= 4 is 11.6 Å². The van der Waals surface area contributed by atoms with Crippen LogP contribution in [0.1, 0.15) is 40.0 Å². The second kappa shape index (κ2) is 15.1. The van der Waals surface area contributed by atoms with Crippen molar-refractivity contribution < 1.29 is 14.2 Å². The number of hydrogen-bond donors (Lipinski definition) is 2. The predicted octanol–water partition coefficient (Wildman–Crippen LogP) is 3.62. The number of aliphatic imine (C=N–C) groups is 1. The number of rotatable bonds is 13. The maximum Gasteiger partial charge on any atom is 0.195 e. The average Bonchev–Trinajstić information content (AvgIpc) is 2.77. The number of piperidine rings is 1. The molecule has 7 nitrogen and oxygen atoms in total. The van der Waals surface area contributed by atoms with E-state index in [1.807, 2.05) is 38.1 Å². The highest BCUT2D eigenvalue weighted by molar-refractivity contribution is 5.93. The van der Waals surface area contributed by atoms with Crippen LogP contribution in [0.5, 0.6) is 5.75 Å². The summed E-state index contributed by atoms with van der Waals surface area (Å²) >= 11 is 0. The van der Waals surface area contributed by atoms with Gasteiger partial charge < -0.3 is 29.7 Å². The zero-order valence-corrected chi connectivity index (χ0v) is 19.9. The van der Waals surface area contributed by atoms with Crippen molar-refractivity contribution in [2.75, 3.05) is 65.0 Å². The van der Waals surface area contributed by atoms with Gasteiger partial charge in [0, 0.05) is 39.0 Å². The summed E-state index contributed by atoms with van der Waals surface area (Å²) < 4.78 is 16.3. The molecule has 0 amide bonds. The Kier molecular flexibility index (Phi) is 12.3. The van der Waals surface area contributed by atoms with E-state index in [9.17, 15) is 0 Å². The summed E-state index contributed by atoms with van der Waals surface area (Å²) in [5.41, 5.74) is 0.998. The summed E-state index contributed by atoms with van der Waals surface area (Å²) in [6.45, 7) is 13.4. The van der Waals surface area contributed by atoms with Gasteiger partial charge in [0.2, 0.25) is 0 Å². The first kappa shape index (κ1) is 25.4. The van der Waals surface area contributed by atoms with Crippen molar-refractivity contribution in [3.63, 3.8) is 0 Å². The summed E-state index contributed by atoms with van der Waals surface area (Å²) in [5, 5.41) is 6.90. The Morgan fingerprint density at radius 2 is 2.00 bits per heavy atom. The van der Waals surface area contributed by atoms with Gasteiger partial charge in [-0.15, -0.1) is 0 Å². The number of likely N-dealkylation sites (tertiary alicyclic amines) is 1. The van der Waals surface area contributed by atoms with E-state index in [1.54, 1.807) is 7.11 Å². The van der Waals surface area contributed by atoms with E-state index in [2.05, 4.69) is 22.5 Å². The number of nitrogens with zero attached hydrogens (tertiary/aromatic N) is 2. The van der Waals surface area contributed by atoms with Crippen LogP contribution in [0, 0.1) is 5.92 Å². The second-order valence-electron chi connectivity index (χ2n) is 8.29. The fourth-order valence-corrected chi connectivity index (χ4v) is 3.60. The number of guanidine groups is 1. The first-order chi connectivity index (χ1) is 15.1. The zero-order valence-electron chi connectivity index (χ0n) is 19.9. The Bertz CT molecular complexity index is 622. The molecule has 1 heterocycles. The fraction of sp³-hybridized carbons (Fsp3) is 0.708. The van der Waals surface area contributed by atoms with Crippen LogP contribution in [0.25, 0.3) is 0 Å². The van der Waals surface area contributed by atoms with Gasteiger partial charge in [-0.25, -0.2) is 0 Å². The highest BCUT2D eigenvalue weighted by Gasteiger charge is 2.18. The van der Waals surface area contributed by atoms with Gasteiger partial charge in [-0.2, -0.15) is 0 Å². The summed E-state index contributed by atoms with van der Waals surface area (Å²) in [6.07, 6.45) is 3.60. The van der Waals surface area contributed by atoms with Crippen LogP contribution in [-0.4, -0.2) is 76.6 Å². The number of methoxy groups -OCH3 is 1. The minimum absolute atomic E-state index is 0.168. The molecule has 0 saturated carbocycles. The second-order valence-corrected chi connectivity index (χ2v) is 8.29. The molecular weight excluding hydrogens is 392 g/mol. The van der Waals surface area contributed by atoms with Crippen LogP contribution in [0.3, 0.4) is 0 Å². The number of benzene rings is 1. The summed E-state index contributed by atoms with van der Waals surface area (Å²) in [5.74, 6) is 2.32. The van der Waals surface area contributed by atoms with Crippen LogP contribution in [0.15, 0.2) is 29.3 Å². The van der Waals surface area contributed by atoms with Crippen LogP contribution in [-0.2, 0) is 9.47 Å². The van der Waals surface area contributed by atoms with Crippen LogP contribution >= 0.6 is 0 Å². The van der Waals surface area contributed by atoms with E-state index in [-0.39, 0.29) is 6.10 Å². The Morgan fingerprint density at radius 1 is 1.19 bits per heavy atom. The third kappa shape index (κ3) is 10.8. The van der Waals surface area contributed by atoms with E-state index in [0.29, 0.717) is 25.7 Å². The summed E-state index contributed by atoms with van der Waals surface area (Å²) in [7, 11) is 1.69. The molecule has 0 radical (unpaired) electrons. The Balaban J connectivity index is 1.89. The molecule has 1 aliphatic rings. The van der Waals surface area contributed by atoms with Gasteiger partial charge in [-0.3, -0.25) is 4.99 Å². The van der Waals surface area contributed by atoms with Gasteiger partial charge in [-0.05, 0) is 76.4 Å². The third-order valence-corrected chi connectivity index (χ3v) is 5.24. The Hall–Kier alpha value is -1.83. The van der Waals surface area contributed by atoms with Gasteiger partial charge in [0.1, 0.15) is 5.75 Å². The predicted molar refractivity (Wildman–Crippen MR) is 128 cm³/mol. The average molecular weight is 435 g/mol. The molecule has 1 saturated heterocycles. The molecule has 2 N–H and O–H groups in total. The van der Waals surface area contributed by atoms with E-state index >= 15 is 0 Å². The fourth-order valence-electron chi connectivity index (χ4n) is 3.60. The number of nitrogens with one attached hydrogen (secondary N) is 2. The monoisotopic (exact) mass is 434 g/mol. The maximum atomic E-state index is 5.74. The minimum Gasteiger partial charge on any atom is -0.491 e. The first-order valence-corrected chi connectivity index (χ1v) is 11.7. The van der Waals surface area contributed by atoms with E-state index in [0.717, 1.165) is 50.0 Å². The minimum atomic E-state index is 0.168. The molecule has 0 aliphatic carbocycles. The molecule has 1 aromatic carbocycles. The Morgan fingerprint density at radius 3 is 2.71 bits per heavy atom. The molecule has 2 rings (SSSR count). The van der Waals surface area contributed by atoms with Crippen molar-refractivity contribution in [3.8, 4) is 5.75 Å². The van der Waals surface area contributed by atoms with Crippen LogP contribution < -0.4 is 15.4 Å². The van der Waals surface area contributed by atoms with Crippen molar-refractivity contribution in [1.82, 2.24) is 10.2 Å². The molecule has 0 spiro atoms. The smallest absolute Gasteiger partial charge is 0.195 e. The molecule has 1 atom stereocenters. The first-order valence-electron chi connectivity index (χ1n) is 11.7. The molecule has 1 aliphatic heterocycles. The lowest BCUT2D eigenvalue weighted by Crippen LogP contribution is -2.37. The standard InChI is InChI=1S/C24H42N4O3/c1-5-28-14-6-8-21(19-28)18-26-24(25-13-7-15-30-17-16-29-4)27-22-9-11-23(12-10-22)31-20(2)3/h9-12,20-21H,5-8,13-19H2,1-4H3,(H2,25,26,27). The number of anilines is 1. The molecule has 31 heavy (non-hydrogen) atoms. The van der Waals surface area contributed by atoms with Gasteiger partial charge in [0.25, 0.3) is 0 Å². The van der Waals surface area contributed by atoms with Crippen molar-refractivity contribution in [3.05, 3.63) is 24.3 Å². The zero-order chi connectivity index (χ0) is 22.3. The van der Waals surface area contributed by atoms with Gasteiger partial charge in [0.05, 0.1) is 19.3 Å². The molecule has 1 fully saturated rings. The molecule has 0 bridgehead atoms. The molecule has 176 valence electrons. The summed E-state index contributed by atoms with van der Waals surface area (Å²) in [4.78, 5) is 7.43. The lowest BCUT2D eigenvalue weighted by Gasteiger charge is -2.31. The van der Waals surface area contributed by atoms with Crippen molar-refractivity contribution in [1.29, 1.82) is 0 Å². The number of ether oxygens (including phenoxy) is 3. The largest absolute Gasteiger partial charge is 0.491 e. The van der Waals surface area contributed by atoms with E-state index < -0.39 is 0 Å². The molecule has 7 heteroatoms. The normalized spacial score (nSPS) is 17.7. The molecule has 0 aromatic heterocycles. The van der Waals surface area contributed by atoms with E-state index in [4.69, 9.17) is 19.2 Å². The topological polar surface area (TPSA) is 67.4 Å². The molecule has 1 aromatic rings. The number of hydrogen-bond acceptors (Lipinski definition) is 5. The van der Waals surface area contributed by atoms with Gasteiger partial charge in [0.15, 0.2) is 5.96 Å². The van der Waals surface area contributed by atoms with Crippen molar-refractivity contribution in [2.24, 2.45) is 10.9 Å². The summed E-state index contributed by atoms with van der Waals surface area (Å²) in [6, 6.07) is 8.04. The van der Waals surface area contributed by atoms with E-state index in [1.165, 1.54) is 19.4 Å². The highest BCUT2D eigenvalue weighted by atomic mass is 16.5. The van der Waals surface area contributed by atoms with Crippen LogP contribution in [0.2, 0.25) is 0 Å². The van der Waals surface area contributed by atoms with Gasteiger partial charge in [-0.1, -0.05) is 6.92 Å². The molecule has 1 unspecified atom stereocenters. The SMILES string of the molecule is CCN1CCCC(CN=C(NCCCOCCOC)Nc2ccc(OC(C)C)cc2)C1. The van der Waals surface area contributed by atoms with Crippen molar-refractivity contribution in [2.45, 2.75) is 46.1 Å². The Labute approximate surface area is 188 Å². The molecular formula is C24H42N4O3. The quantitative estimate of drug-likeness (QED) is 0.281. The lowest BCUT2D eigenvalue weighted by molar-refractivity contribution is 0.0699.